The SMILES string of the molecule is CO[C@@H](Cc1ccc(COc2cccc(Nc3ccccc3)c2)cc1)C(=O)O. The molecule has 28 heavy (non-hydrogen) atoms. The molecule has 0 saturated carbocycles. The van der Waals surface area contributed by atoms with E-state index in [0.717, 1.165) is 28.3 Å². The van der Waals surface area contributed by atoms with Crippen molar-refractivity contribution in [3.05, 3.63) is 90.0 Å². The van der Waals surface area contributed by atoms with Gasteiger partial charge in [0, 0.05) is 31.0 Å². The molecule has 0 saturated heterocycles. The molecule has 0 aliphatic heterocycles. The average molecular weight is 377 g/mol. The zero-order valence-corrected chi connectivity index (χ0v) is 15.7. The molecule has 5 nitrogen and oxygen atoms in total. The Kier molecular flexibility index (Phi) is 6.65. The van der Waals surface area contributed by atoms with E-state index in [1.807, 2.05) is 78.9 Å². The first-order chi connectivity index (χ1) is 13.6. The van der Waals surface area contributed by atoms with E-state index in [4.69, 9.17) is 14.6 Å². The highest BCUT2D eigenvalue weighted by Crippen LogP contribution is 2.22. The maximum Gasteiger partial charge on any atom is 0.333 e. The minimum absolute atomic E-state index is 0.334. The molecule has 0 fully saturated rings. The molecular weight excluding hydrogens is 354 g/mol. The molecule has 1 atom stereocenters. The molecule has 0 radical (unpaired) electrons. The molecule has 0 amide bonds. The number of anilines is 2. The quantitative estimate of drug-likeness (QED) is 0.568. The molecule has 0 heterocycles. The fraction of sp³-hybridized carbons (Fsp3) is 0.174. The first-order valence-electron chi connectivity index (χ1n) is 9.02. The van der Waals surface area contributed by atoms with E-state index in [1.165, 1.54) is 7.11 Å². The maximum absolute atomic E-state index is 11.1. The van der Waals surface area contributed by atoms with Crippen molar-refractivity contribution in [3.63, 3.8) is 0 Å². The van der Waals surface area contributed by atoms with Crippen LogP contribution in [0.3, 0.4) is 0 Å². The Labute approximate surface area is 164 Å². The van der Waals surface area contributed by atoms with Crippen LogP contribution >= 0.6 is 0 Å². The lowest BCUT2D eigenvalue weighted by molar-refractivity contribution is -0.148. The van der Waals surface area contributed by atoms with Crippen LogP contribution < -0.4 is 10.1 Å². The predicted octanol–water partition coefficient (Wildman–Crippen LogP) is 4.65. The molecule has 0 unspecified atom stereocenters. The van der Waals surface area contributed by atoms with E-state index < -0.39 is 12.1 Å². The molecule has 3 rings (SSSR count). The third-order valence-corrected chi connectivity index (χ3v) is 4.31. The lowest BCUT2D eigenvalue weighted by Crippen LogP contribution is -2.24. The van der Waals surface area contributed by atoms with Gasteiger partial charge < -0.3 is 19.9 Å². The van der Waals surface area contributed by atoms with Gasteiger partial charge in [0.15, 0.2) is 6.10 Å². The minimum atomic E-state index is -0.959. The summed E-state index contributed by atoms with van der Waals surface area (Å²) in [5.41, 5.74) is 3.89. The highest BCUT2D eigenvalue weighted by molar-refractivity contribution is 5.72. The Bertz CT molecular complexity index is 894. The lowest BCUT2D eigenvalue weighted by Gasteiger charge is -2.12. The number of aliphatic carboxylic acids is 1. The standard InChI is InChI=1S/C23H23NO4/c1-27-22(23(25)26)14-17-10-12-18(13-11-17)16-28-21-9-5-8-20(15-21)24-19-6-3-2-4-7-19/h2-13,15,22,24H,14,16H2,1H3,(H,25,26)/t22-/m0/s1. The van der Waals surface area contributed by atoms with Gasteiger partial charge in [-0.2, -0.15) is 0 Å². The van der Waals surface area contributed by atoms with Crippen molar-refractivity contribution in [2.24, 2.45) is 0 Å². The van der Waals surface area contributed by atoms with Gasteiger partial charge in [-0.15, -0.1) is 0 Å². The summed E-state index contributed by atoms with van der Waals surface area (Å²) in [7, 11) is 1.40. The zero-order valence-electron chi connectivity index (χ0n) is 15.7. The number of carbonyl (C=O) groups is 1. The predicted molar refractivity (Wildman–Crippen MR) is 109 cm³/mol. The monoisotopic (exact) mass is 377 g/mol. The van der Waals surface area contributed by atoms with E-state index >= 15 is 0 Å². The number of carboxylic acid groups (broad SMARTS) is 1. The molecule has 0 bridgehead atoms. The molecule has 0 spiro atoms. The first kappa shape index (κ1) is 19.5. The molecule has 144 valence electrons. The molecule has 3 aromatic rings. The topological polar surface area (TPSA) is 67.8 Å². The van der Waals surface area contributed by atoms with Gasteiger partial charge in [-0.05, 0) is 35.4 Å². The van der Waals surface area contributed by atoms with Crippen LogP contribution in [-0.4, -0.2) is 24.3 Å². The van der Waals surface area contributed by atoms with Crippen LogP contribution in [0.1, 0.15) is 11.1 Å². The van der Waals surface area contributed by atoms with Crippen molar-refractivity contribution >= 4 is 17.3 Å². The summed E-state index contributed by atoms with van der Waals surface area (Å²) in [6.45, 7) is 0.432. The van der Waals surface area contributed by atoms with Crippen molar-refractivity contribution in [2.75, 3.05) is 12.4 Å². The lowest BCUT2D eigenvalue weighted by atomic mass is 10.1. The Morgan fingerprint density at radius 3 is 2.29 bits per heavy atom. The second-order valence-corrected chi connectivity index (χ2v) is 6.39. The number of ether oxygens (including phenoxy) is 2. The number of rotatable bonds is 9. The van der Waals surface area contributed by atoms with Gasteiger partial charge in [-0.1, -0.05) is 48.5 Å². The number of carboxylic acids is 1. The summed E-state index contributed by atoms with van der Waals surface area (Å²) in [6, 6.07) is 25.5. The number of hydrogen-bond donors (Lipinski definition) is 2. The van der Waals surface area contributed by atoms with E-state index in [0.29, 0.717) is 13.0 Å². The van der Waals surface area contributed by atoms with Crippen LogP contribution in [0.25, 0.3) is 0 Å². The molecule has 0 aromatic heterocycles. The van der Waals surface area contributed by atoms with Crippen molar-refractivity contribution in [1.29, 1.82) is 0 Å². The summed E-state index contributed by atoms with van der Waals surface area (Å²) in [4.78, 5) is 11.1. The van der Waals surface area contributed by atoms with Gasteiger partial charge in [0.1, 0.15) is 12.4 Å². The largest absolute Gasteiger partial charge is 0.489 e. The van der Waals surface area contributed by atoms with E-state index in [9.17, 15) is 4.79 Å². The Hall–Kier alpha value is -3.31. The summed E-state index contributed by atoms with van der Waals surface area (Å²) < 4.78 is 10.9. The second kappa shape index (κ2) is 9.58. The Morgan fingerprint density at radius 1 is 0.929 bits per heavy atom. The molecule has 5 heteroatoms. The number of methoxy groups -OCH3 is 1. The minimum Gasteiger partial charge on any atom is -0.489 e. The van der Waals surface area contributed by atoms with Crippen LogP contribution in [-0.2, 0) is 22.6 Å². The summed E-state index contributed by atoms with van der Waals surface area (Å²) >= 11 is 0. The van der Waals surface area contributed by atoms with Gasteiger partial charge in [0.05, 0.1) is 0 Å². The van der Waals surface area contributed by atoms with Crippen molar-refractivity contribution in [3.8, 4) is 5.75 Å². The normalized spacial score (nSPS) is 11.6. The van der Waals surface area contributed by atoms with Crippen LogP contribution in [0.5, 0.6) is 5.75 Å². The number of benzene rings is 3. The van der Waals surface area contributed by atoms with Crippen LogP contribution in [0.15, 0.2) is 78.9 Å². The van der Waals surface area contributed by atoms with Gasteiger partial charge in [0.25, 0.3) is 0 Å². The van der Waals surface area contributed by atoms with Crippen LogP contribution in [0.4, 0.5) is 11.4 Å². The van der Waals surface area contributed by atoms with Gasteiger partial charge in [-0.3, -0.25) is 0 Å². The average Bonchev–Trinajstić information content (AvgIpc) is 2.72. The van der Waals surface area contributed by atoms with Crippen molar-refractivity contribution in [2.45, 2.75) is 19.1 Å². The summed E-state index contributed by atoms with van der Waals surface area (Å²) in [6.07, 6.45) is -0.498. The molecule has 0 aliphatic carbocycles. The highest BCUT2D eigenvalue weighted by Gasteiger charge is 2.16. The second-order valence-electron chi connectivity index (χ2n) is 6.39. The molecule has 3 aromatic carbocycles. The third-order valence-electron chi connectivity index (χ3n) is 4.31. The van der Waals surface area contributed by atoms with Crippen molar-refractivity contribution in [1.82, 2.24) is 0 Å². The highest BCUT2D eigenvalue weighted by atomic mass is 16.5. The van der Waals surface area contributed by atoms with Gasteiger partial charge in [-0.25, -0.2) is 4.79 Å². The van der Waals surface area contributed by atoms with Crippen molar-refractivity contribution < 1.29 is 19.4 Å². The van der Waals surface area contributed by atoms with Gasteiger partial charge in [0.2, 0.25) is 0 Å². The van der Waals surface area contributed by atoms with E-state index in [-0.39, 0.29) is 0 Å². The van der Waals surface area contributed by atoms with Crippen LogP contribution in [0.2, 0.25) is 0 Å². The smallest absolute Gasteiger partial charge is 0.333 e. The Morgan fingerprint density at radius 2 is 1.61 bits per heavy atom. The maximum atomic E-state index is 11.1. The fourth-order valence-electron chi connectivity index (χ4n) is 2.78. The zero-order chi connectivity index (χ0) is 19.8. The van der Waals surface area contributed by atoms with E-state index in [2.05, 4.69) is 5.32 Å². The fourth-order valence-corrected chi connectivity index (χ4v) is 2.78. The molecule has 0 aliphatic rings. The molecular formula is C23H23NO4. The van der Waals surface area contributed by atoms with Crippen LogP contribution in [0, 0.1) is 0 Å². The van der Waals surface area contributed by atoms with E-state index in [1.54, 1.807) is 0 Å². The first-order valence-corrected chi connectivity index (χ1v) is 9.02. The third kappa shape index (κ3) is 5.59. The molecule has 2 N–H and O–H groups in total. The number of nitrogens with one attached hydrogen (secondary N) is 1. The summed E-state index contributed by atoms with van der Waals surface area (Å²) in [5, 5.41) is 12.4. The number of para-hydroxylation sites is 1. The Balaban J connectivity index is 1.57. The summed E-state index contributed by atoms with van der Waals surface area (Å²) in [5.74, 6) is -0.186. The van der Waals surface area contributed by atoms with Gasteiger partial charge >= 0.3 is 5.97 Å². The number of hydrogen-bond acceptors (Lipinski definition) is 4.